The molecule has 79 heavy (non-hydrogen) atoms. The Morgan fingerprint density at radius 3 is 1.63 bits per heavy atom. The second kappa shape index (κ2) is 19.5. The number of hydrogen-bond donors (Lipinski definition) is 0. The predicted molar refractivity (Wildman–Crippen MR) is 337 cm³/mol. The van der Waals surface area contributed by atoms with E-state index in [0.717, 1.165) is 78.2 Å². The van der Waals surface area contributed by atoms with E-state index in [2.05, 4.69) is 246 Å². The van der Waals surface area contributed by atoms with Crippen LogP contribution < -0.4 is 14.5 Å². The molecule has 1 aliphatic rings. The number of benzene rings is 8. The Labute approximate surface area is 477 Å². The van der Waals surface area contributed by atoms with Gasteiger partial charge in [0.15, 0.2) is 0 Å². The average Bonchev–Trinajstić information content (AvgIpc) is 1.47. The fraction of sp³-hybridized carbons (Fsp3) is 0.284. The Morgan fingerprint density at radius 2 is 1.00 bits per heavy atom. The van der Waals surface area contributed by atoms with Crippen LogP contribution >= 0.6 is 0 Å². The summed E-state index contributed by atoms with van der Waals surface area (Å²) < 4.78 is 54.8. The molecule has 0 aliphatic carbocycles. The first kappa shape index (κ1) is 47.1. The molecule has 0 spiro atoms. The molecule has 1 aliphatic heterocycles. The van der Waals surface area contributed by atoms with Crippen molar-refractivity contribution in [2.24, 2.45) is 0 Å². The number of anilines is 4. The van der Waals surface area contributed by atoms with Gasteiger partial charge in [-0.05, 0) is 150 Å². The fourth-order valence-electron chi connectivity index (χ4n) is 10.9. The summed E-state index contributed by atoms with van der Waals surface area (Å²) in [6.45, 7) is 33.7. The van der Waals surface area contributed by atoms with Gasteiger partial charge in [-0.3, -0.25) is 4.57 Å². The first-order chi connectivity index (χ1) is 39.4. The molecule has 11 rings (SSSR count). The SMILES string of the molecule is [2H]c1c([2H])c([2H])c(-c2cc(C(C)(C)C)cc(-c3cc(C(C)(C)C)cc(C(C)(C)C)c3)c2N2CN(c3cccc(Oc4ccc5c6cc(-c7ccc(C(C)(C)C)cc7)ccc6n(-c6cc(C(C)(C)C)ccn6)c5c4)c3)c3ccccc32)c([2H])c1[2H]. The van der Waals surface area contributed by atoms with E-state index in [0.29, 0.717) is 23.7 Å². The molecule has 0 atom stereocenters. The zero-order chi connectivity index (χ0) is 60.3. The number of nitrogens with zero attached hydrogens (tertiary/aromatic N) is 4. The lowest BCUT2D eigenvalue weighted by Crippen LogP contribution is -2.25. The van der Waals surface area contributed by atoms with Crippen LogP contribution in [0.2, 0.25) is 0 Å². The monoisotopic (exact) mass is 1040 g/mol. The molecule has 0 saturated carbocycles. The van der Waals surface area contributed by atoms with Crippen LogP contribution in [0.25, 0.3) is 61.0 Å². The lowest BCUT2D eigenvalue weighted by Gasteiger charge is -2.31. The van der Waals surface area contributed by atoms with E-state index in [9.17, 15) is 2.74 Å². The standard InChI is InChI=1S/C74H78N4O/c1-70(2,3)52-31-28-48(29-32-52)50-30-35-64-63(40-50)60-34-33-59(46-67(60)78(64)68-44-53(36-37-75-68)71(4,5)6)79-58-25-21-24-57(45-58)76-47-77(66-27-20-19-26-65(66)76)69-61(49-22-17-16-18-23-49)42-56(74(13,14)15)43-62(69)51-38-54(72(7,8)9)41-55(39-51)73(10,11)12/h16-46H,47H2,1-15H3/i16D,17D,18D,22D,23D. The van der Waals surface area contributed by atoms with Gasteiger partial charge in [-0.1, -0.05) is 201 Å². The zero-order valence-electron chi connectivity index (χ0n) is 53.9. The predicted octanol–water partition coefficient (Wildman–Crippen LogP) is 20.7. The molecule has 8 aromatic carbocycles. The van der Waals surface area contributed by atoms with E-state index in [1.54, 1.807) is 0 Å². The van der Waals surface area contributed by atoms with E-state index in [4.69, 9.17) is 13.8 Å². The van der Waals surface area contributed by atoms with Gasteiger partial charge in [-0.25, -0.2) is 4.98 Å². The molecule has 0 unspecified atom stereocenters. The summed E-state index contributed by atoms with van der Waals surface area (Å²) in [7, 11) is 0. The molecule has 0 amide bonds. The molecule has 5 nitrogen and oxygen atoms in total. The molecule has 2 aromatic heterocycles. The van der Waals surface area contributed by atoms with Crippen LogP contribution in [0.4, 0.5) is 22.7 Å². The maximum atomic E-state index is 9.51. The summed E-state index contributed by atoms with van der Waals surface area (Å²) in [5, 5.41) is 2.22. The van der Waals surface area contributed by atoms with Gasteiger partial charge in [0.05, 0.1) is 34.9 Å². The lowest BCUT2D eigenvalue weighted by atomic mass is 9.77. The number of fused-ring (bicyclic) bond motifs is 4. The summed E-state index contributed by atoms with van der Waals surface area (Å²) in [5.74, 6) is 2.17. The number of pyridine rings is 1. The molecule has 10 aromatic rings. The summed E-state index contributed by atoms with van der Waals surface area (Å²) in [5.41, 5.74) is 15.5. The Morgan fingerprint density at radius 1 is 0.418 bits per heavy atom. The molecular weight excluding hydrogens is 961 g/mol. The number of ether oxygens (including phenoxy) is 1. The van der Waals surface area contributed by atoms with Crippen molar-refractivity contribution in [3.05, 3.63) is 216 Å². The largest absolute Gasteiger partial charge is 0.457 e. The average molecular weight is 1040 g/mol. The highest BCUT2D eigenvalue weighted by molar-refractivity contribution is 6.11. The van der Waals surface area contributed by atoms with Crippen molar-refractivity contribution in [2.45, 2.75) is 131 Å². The smallest absolute Gasteiger partial charge is 0.137 e. The third kappa shape index (κ3) is 10.4. The van der Waals surface area contributed by atoms with E-state index in [1.165, 1.54) is 22.3 Å². The van der Waals surface area contributed by atoms with Crippen LogP contribution in [0.1, 0.15) is 139 Å². The van der Waals surface area contributed by atoms with Crippen molar-refractivity contribution >= 4 is 44.6 Å². The van der Waals surface area contributed by atoms with E-state index in [1.807, 2.05) is 30.5 Å². The van der Waals surface area contributed by atoms with Crippen LogP contribution in [-0.4, -0.2) is 16.2 Å². The molecule has 0 fully saturated rings. The summed E-state index contributed by atoms with van der Waals surface area (Å²) in [6, 6.07) is 52.4. The molecule has 400 valence electrons. The maximum absolute atomic E-state index is 9.51. The second-order valence-electron chi connectivity index (χ2n) is 26.8. The van der Waals surface area contributed by atoms with Crippen molar-refractivity contribution < 1.29 is 11.6 Å². The summed E-state index contributed by atoms with van der Waals surface area (Å²) in [4.78, 5) is 9.54. The minimum Gasteiger partial charge on any atom is -0.457 e. The first-order valence-corrected chi connectivity index (χ1v) is 27.9. The van der Waals surface area contributed by atoms with E-state index >= 15 is 0 Å². The first-order valence-electron chi connectivity index (χ1n) is 30.4. The Kier molecular flexibility index (Phi) is 11.6. The van der Waals surface area contributed by atoms with Gasteiger partial charge < -0.3 is 14.5 Å². The van der Waals surface area contributed by atoms with Gasteiger partial charge in [-0.15, -0.1) is 0 Å². The molecule has 5 heteroatoms. The van der Waals surface area contributed by atoms with Gasteiger partial charge >= 0.3 is 0 Å². The Balaban J connectivity index is 1.05. The Bertz CT molecular complexity index is 4170. The van der Waals surface area contributed by atoms with E-state index < -0.39 is 6.04 Å². The van der Waals surface area contributed by atoms with Crippen molar-refractivity contribution in [2.75, 3.05) is 16.5 Å². The van der Waals surface area contributed by atoms with Gasteiger partial charge in [0.25, 0.3) is 0 Å². The molecule has 3 heterocycles. The van der Waals surface area contributed by atoms with Crippen molar-refractivity contribution in [1.29, 1.82) is 0 Å². The van der Waals surface area contributed by atoms with Crippen LogP contribution in [-0.2, 0) is 27.1 Å². The Hall–Kier alpha value is -7.89. The van der Waals surface area contributed by atoms with Gasteiger partial charge in [-0.2, -0.15) is 0 Å². The zero-order valence-corrected chi connectivity index (χ0v) is 48.9. The molecule has 0 radical (unpaired) electrons. The van der Waals surface area contributed by atoms with Crippen LogP contribution in [0.3, 0.4) is 0 Å². The van der Waals surface area contributed by atoms with Gasteiger partial charge in [0.2, 0.25) is 0 Å². The molecular formula is C74H78N4O. The highest BCUT2D eigenvalue weighted by atomic mass is 16.5. The normalized spacial score (nSPS) is 14.3. The topological polar surface area (TPSA) is 33.5 Å². The minimum absolute atomic E-state index is 0.0563. The highest BCUT2D eigenvalue weighted by Crippen LogP contribution is 2.52. The van der Waals surface area contributed by atoms with Crippen molar-refractivity contribution in [1.82, 2.24) is 9.55 Å². The number of hydrogen-bond acceptors (Lipinski definition) is 4. The molecule has 0 bridgehead atoms. The lowest BCUT2D eigenvalue weighted by molar-refractivity contribution is 0.483. The van der Waals surface area contributed by atoms with Crippen LogP contribution in [0.5, 0.6) is 11.5 Å². The number of para-hydroxylation sites is 2. The highest BCUT2D eigenvalue weighted by Gasteiger charge is 2.34. The third-order valence-electron chi connectivity index (χ3n) is 15.8. The van der Waals surface area contributed by atoms with Crippen molar-refractivity contribution in [3.8, 4) is 50.7 Å². The van der Waals surface area contributed by atoms with Crippen LogP contribution in [0, 0.1) is 0 Å². The van der Waals surface area contributed by atoms with Gasteiger partial charge in [0.1, 0.15) is 24.0 Å². The summed E-state index contributed by atoms with van der Waals surface area (Å²) in [6.07, 6.45) is 1.91. The number of aromatic nitrogens is 2. The second-order valence-corrected chi connectivity index (χ2v) is 26.8. The summed E-state index contributed by atoms with van der Waals surface area (Å²) >= 11 is 0. The minimum atomic E-state index is -0.424. The van der Waals surface area contributed by atoms with Gasteiger partial charge in [0, 0.05) is 45.9 Å². The van der Waals surface area contributed by atoms with Crippen molar-refractivity contribution in [3.63, 3.8) is 0 Å². The van der Waals surface area contributed by atoms with Crippen LogP contribution in [0.15, 0.2) is 188 Å². The fourth-order valence-corrected chi connectivity index (χ4v) is 10.9. The quantitative estimate of drug-likeness (QED) is 0.152. The molecule has 0 saturated heterocycles. The number of rotatable bonds is 8. The molecule has 0 N–H and O–H groups in total. The third-order valence-corrected chi connectivity index (χ3v) is 15.8. The van der Waals surface area contributed by atoms with E-state index in [-0.39, 0.29) is 56.8 Å². The maximum Gasteiger partial charge on any atom is 0.137 e.